The summed E-state index contributed by atoms with van der Waals surface area (Å²) in [6.07, 6.45) is 2.51. The molecule has 0 atom stereocenters. The van der Waals surface area contributed by atoms with Gasteiger partial charge in [-0.1, -0.05) is 13.8 Å². The molecule has 0 radical (unpaired) electrons. The van der Waals surface area contributed by atoms with Gasteiger partial charge < -0.3 is 15.4 Å². The van der Waals surface area contributed by atoms with Crippen LogP contribution in [0.5, 0.6) is 0 Å². The fourth-order valence-electron chi connectivity index (χ4n) is 2.46. The molecular formula is C15H28N6O. The number of rotatable bonds is 6. The fraction of sp³-hybridized carbons (Fsp3) is 0.800. The molecule has 2 rings (SSSR count). The Kier molecular flexibility index (Phi) is 5.90. The summed E-state index contributed by atoms with van der Waals surface area (Å²) in [6.45, 7) is 7.94. The second-order valence-electron chi connectivity index (χ2n) is 6.51. The summed E-state index contributed by atoms with van der Waals surface area (Å²) in [5.41, 5.74) is 5.76. The van der Waals surface area contributed by atoms with Gasteiger partial charge in [0, 0.05) is 33.8 Å². The molecule has 0 spiro atoms. The summed E-state index contributed by atoms with van der Waals surface area (Å²) in [6, 6.07) is 0. The Morgan fingerprint density at radius 2 is 1.91 bits per heavy atom. The van der Waals surface area contributed by atoms with Crippen molar-refractivity contribution in [1.82, 2.24) is 19.9 Å². The summed E-state index contributed by atoms with van der Waals surface area (Å²) in [7, 11) is 3.80. The molecule has 0 bridgehead atoms. The van der Waals surface area contributed by atoms with E-state index in [-0.39, 0.29) is 5.95 Å². The highest BCUT2D eigenvalue weighted by Gasteiger charge is 2.21. The van der Waals surface area contributed by atoms with Crippen LogP contribution < -0.4 is 10.6 Å². The molecule has 1 fully saturated rings. The highest BCUT2D eigenvalue weighted by Crippen LogP contribution is 2.17. The van der Waals surface area contributed by atoms with E-state index in [1.807, 2.05) is 19.0 Å². The summed E-state index contributed by atoms with van der Waals surface area (Å²) in [5, 5.41) is 0. The molecule has 1 aliphatic heterocycles. The van der Waals surface area contributed by atoms with Crippen LogP contribution >= 0.6 is 0 Å². The Labute approximate surface area is 132 Å². The van der Waals surface area contributed by atoms with Crippen molar-refractivity contribution in [2.75, 3.05) is 44.4 Å². The molecule has 124 valence electrons. The molecule has 0 saturated carbocycles. The smallest absolute Gasteiger partial charge is 0.229 e. The number of hydrogen-bond donors (Lipinski definition) is 1. The first-order chi connectivity index (χ1) is 10.4. The normalized spacial score (nSPS) is 17.1. The van der Waals surface area contributed by atoms with E-state index in [2.05, 4.69) is 33.7 Å². The highest BCUT2D eigenvalue weighted by atomic mass is 16.5. The van der Waals surface area contributed by atoms with E-state index in [4.69, 9.17) is 10.5 Å². The molecule has 1 aromatic heterocycles. The van der Waals surface area contributed by atoms with Gasteiger partial charge in [0.1, 0.15) is 5.82 Å². The first-order valence-electron chi connectivity index (χ1n) is 7.95. The van der Waals surface area contributed by atoms with Gasteiger partial charge in [-0.2, -0.15) is 15.0 Å². The minimum atomic E-state index is 0.281. The van der Waals surface area contributed by atoms with Crippen molar-refractivity contribution in [3.63, 3.8) is 0 Å². The lowest BCUT2D eigenvalue weighted by atomic mass is 10.1. The lowest BCUT2D eigenvalue weighted by molar-refractivity contribution is -0.00625. The first kappa shape index (κ1) is 16.9. The SMILES string of the molecule is CC(C)COC1CCN(Cc2nc(N)nc(N(C)C)n2)CC1. The van der Waals surface area contributed by atoms with Gasteiger partial charge >= 0.3 is 0 Å². The van der Waals surface area contributed by atoms with Crippen molar-refractivity contribution >= 4 is 11.9 Å². The van der Waals surface area contributed by atoms with Gasteiger partial charge in [-0.15, -0.1) is 0 Å². The topological polar surface area (TPSA) is 80.4 Å². The molecule has 2 N–H and O–H groups in total. The molecule has 2 heterocycles. The number of hydrogen-bond acceptors (Lipinski definition) is 7. The third-order valence-corrected chi connectivity index (χ3v) is 3.65. The number of aromatic nitrogens is 3. The summed E-state index contributed by atoms with van der Waals surface area (Å²) >= 11 is 0. The van der Waals surface area contributed by atoms with Crippen LogP contribution in [0, 0.1) is 5.92 Å². The van der Waals surface area contributed by atoms with Crippen LogP contribution in [0.2, 0.25) is 0 Å². The average Bonchev–Trinajstić information content (AvgIpc) is 2.46. The third-order valence-electron chi connectivity index (χ3n) is 3.65. The van der Waals surface area contributed by atoms with Gasteiger partial charge in [0.2, 0.25) is 11.9 Å². The predicted octanol–water partition coefficient (Wildman–Crippen LogP) is 1.16. The van der Waals surface area contributed by atoms with E-state index in [0.29, 0.717) is 24.5 Å². The van der Waals surface area contributed by atoms with Gasteiger partial charge in [-0.3, -0.25) is 4.90 Å². The van der Waals surface area contributed by atoms with Crippen LogP contribution in [-0.2, 0) is 11.3 Å². The Morgan fingerprint density at radius 1 is 1.23 bits per heavy atom. The van der Waals surface area contributed by atoms with Crippen molar-refractivity contribution in [3.05, 3.63) is 5.82 Å². The molecule has 0 amide bonds. The summed E-state index contributed by atoms with van der Waals surface area (Å²) < 4.78 is 5.92. The number of nitrogen functional groups attached to an aromatic ring is 1. The van der Waals surface area contributed by atoms with E-state index in [1.165, 1.54) is 0 Å². The fourth-order valence-corrected chi connectivity index (χ4v) is 2.46. The van der Waals surface area contributed by atoms with Crippen LogP contribution in [0.4, 0.5) is 11.9 Å². The molecule has 0 aromatic carbocycles. The number of nitrogens with zero attached hydrogens (tertiary/aromatic N) is 5. The monoisotopic (exact) mass is 308 g/mol. The van der Waals surface area contributed by atoms with Crippen molar-refractivity contribution < 1.29 is 4.74 Å². The minimum Gasteiger partial charge on any atom is -0.378 e. The Hall–Kier alpha value is -1.47. The quantitative estimate of drug-likeness (QED) is 0.844. The van der Waals surface area contributed by atoms with Gasteiger partial charge in [-0.25, -0.2) is 0 Å². The largest absolute Gasteiger partial charge is 0.378 e. The number of ether oxygens (including phenoxy) is 1. The van der Waals surface area contributed by atoms with E-state index >= 15 is 0 Å². The predicted molar refractivity (Wildman–Crippen MR) is 87.7 cm³/mol. The zero-order valence-corrected chi connectivity index (χ0v) is 14.1. The van der Waals surface area contributed by atoms with Gasteiger partial charge in [0.15, 0.2) is 0 Å². The van der Waals surface area contributed by atoms with Crippen molar-refractivity contribution in [2.45, 2.75) is 39.3 Å². The van der Waals surface area contributed by atoms with Crippen molar-refractivity contribution in [3.8, 4) is 0 Å². The molecule has 1 saturated heterocycles. The van der Waals surface area contributed by atoms with E-state index in [9.17, 15) is 0 Å². The molecule has 0 aliphatic carbocycles. The van der Waals surface area contributed by atoms with Crippen LogP contribution in [0.15, 0.2) is 0 Å². The second-order valence-corrected chi connectivity index (χ2v) is 6.51. The van der Waals surface area contributed by atoms with Crippen LogP contribution in [-0.4, -0.2) is 59.7 Å². The first-order valence-corrected chi connectivity index (χ1v) is 7.95. The number of likely N-dealkylation sites (tertiary alicyclic amines) is 1. The zero-order valence-electron chi connectivity index (χ0n) is 14.1. The van der Waals surface area contributed by atoms with Crippen molar-refractivity contribution in [2.24, 2.45) is 5.92 Å². The van der Waals surface area contributed by atoms with E-state index in [1.54, 1.807) is 0 Å². The minimum absolute atomic E-state index is 0.281. The molecule has 7 heteroatoms. The summed E-state index contributed by atoms with van der Waals surface area (Å²) in [4.78, 5) is 17.0. The summed E-state index contributed by atoms with van der Waals surface area (Å²) in [5.74, 6) is 2.22. The molecule has 22 heavy (non-hydrogen) atoms. The number of piperidine rings is 1. The maximum absolute atomic E-state index is 5.92. The van der Waals surface area contributed by atoms with Crippen LogP contribution in [0.25, 0.3) is 0 Å². The Morgan fingerprint density at radius 3 is 2.50 bits per heavy atom. The van der Waals surface area contributed by atoms with E-state index in [0.717, 1.165) is 38.4 Å². The molecule has 1 aromatic rings. The molecular weight excluding hydrogens is 280 g/mol. The maximum Gasteiger partial charge on any atom is 0.229 e. The molecule has 7 nitrogen and oxygen atoms in total. The van der Waals surface area contributed by atoms with Crippen LogP contribution in [0.3, 0.4) is 0 Å². The standard InChI is InChI=1S/C15H28N6O/c1-11(2)10-22-12-5-7-21(8-6-12)9-13-17-14(16)19-15(18-13)20(3)4/h11-12H,5-10H2,1-4H3,(H2,16,17,18,19). The highest BCUT2D eigenvalue weighted by molar-refractivity contribution is 5.32. The second kappa shape index (κ2) is 7.69. The number of anilines is 2. The third kappa shape index (κ3) is 5.06. The molecule has 1 aliphatic rings. The zero-order chi connectivity index (χ0) is 16.1. The van der Waals surface area contributed by atoms with Crippen molar-refractivity contribution in [1.29, 1.82) is 0 Å². The molecule has 0 unspecified atom stereocenters. The van der Waals surface area contributed by atoms with Crippen LogP contribution in [0.1, 0.15) is 32.5 Å². The van der Waals surface area contributed by atoms with Gasteiger partial charge in [0.05, 0.1) is 12.6 Å². The number of nitrogens with two attached hydrogens (primary N) is 1. The van der Waals surface area contributed by atoms with Gasteiger partial charge in [0.25, 0.3) is 0 Å². The lowest BCUT2D eigenvalue weighted by Crippen LogP contribution is -2.37. The maximum atomic E-state index is 5.92. The van der Waals surface area contributed by atoms with Gasteiger partial charge in [-0.05, 0) is 18.8 Å². The Balaban J connectivity index is 1.85. The Bertz CT molecular complexity index is 471. The lowest BCUT2D eigenvalue weighted by Gasteiger charge is -2.31. The average molecular weight is 308 g/mol. The van der Waals surface area contributed by atoms with E-state index < -0.39 is 0 Å².